The highest BCUT2D eigenvalue weighted by Crippen LogP contribution is 2.16. The van der Waals surface area contributed by atoms with Crippen molar-refractivity contribution in [2.24, 2.45) is 0 Å². The Balaban J connectivity index is 2.19. The molecule has 4 heteroatoms. The molecule has 0 aliphatic carbocycles. The van der Waals surface area contributed by atoms with E-state index in [0.717, 1.165) is 36.3 Å². The molecule has 3 nitrogen and oxygen atoms in total. The number of aromatic nitrogens is 1. The molecule has 0 fully saturated rings. The Kier molecular flexibility index (Phi) is 3.97. The molecular formula is C13H18N2OS. The van der Waals surface area contributed by atoms with Crippen LogP contribution in [-0.2, 0) is 6.54 Å². The van der Waals surface area contributed by atoms with Gasteiger partial charge in [0.2, 0.25) is 0 Å². The zero-order valence-electron chi connectivity index (χ0n) is 10.3. The predicted molar refractivity (Wildman–Crippen MR) is 73.9 cm³/mol. The van der Waals surface area contributed by atoms with Gasteiger partial charge in [-0.2, -0.15) is 0 Å². The molecule has 0 saturated carbocycles. The Morgan fingerprint density at radius 1 is 1.29 bits per heavy atom. The van der Waals surface area contributed by atoms with Crippen molar-refractivity contribution in [3.05, 3.63) is 34.1 Å². The Morgan fingerprint density at radius 3 is 2.76 bits per heavy atom. The third kappa shape index (κ3) is 2.58. The summed E-state index contributed by atoms with van der Waals surface area (Å²) in [5, 5.41) is 2.82. The van der Waals surface area contributed by atoms with Gasteiger partial charge in [-0.1, -0.05) is 13.8 Å². The second kappa shape index (κ2) is 5.47. The van der Waals surface area contributed by atoms with Gasteiger partial charge in [0.05, 0.1) is 5.39 Å². The molecule has 0 N–H and O–H groups in total. The number of thiophene rings is 1. The fourth-order valence-corrected chi connectivity index (χ4v) is 2.74. The minimum absolute atomic E-state index is 0.135. The first-order chi connectivity index (χ1) is 8.26. The lowest BCUT2D eigenvalue weighted by molar-refractivity contribution is 0.289. The summed E-state index contributed by atoms with van der Waals surface area (Å²) in [7, 11) is 0. The van der Waals surface area contributed by atoms with Crippen molar-refractivity contribution in [3.63, 3.8) is 0 Å². The molecule has 0 radical (unpaired) electrons. The Bertz CT molecular complexity index is 540. The van der Waals surface area contributed by atoms with E-state index in [0.29, 0.717) is 0 Å². The first-order valence-corrected chi connectivity index (χ1v) is 6.93. The fraction of sp³-hybridized carbons (Fsp3) is 0.462. The van der Waals surface area contributed by atoms with Gasteiger partial charge in [-0.3, -0.25) is 4.79 Å². The van der Waals surface area contributed by atoms with Crippen LogP contribution < -0.4 is 5.56 Å². The molecule has 2 heterocycles. The van der Waals surface area contributed by atoms with E-state index in [1.165, 1.54) is 0 Å². The van der Waals surface area contributed by atoms with E-state index in [9.17, 15) is 4.79 Å². The summed E-state index contributed by atoms with van der Waals surface area (Å²) in [5.74, 6) is 0. The molecule has 0 unspecified atom stereocenters. The van der Waals surface area contributed by atoms with Crippen molar-refractivity contribution in [2.75, 3.05) is 19.6 Å². The molecule has 0 aliphatic rings. The summed E-state index contributed by atoms with van der Waals surface area (Å²) >= 11 is 1.62. The highest BCUT2D eigenvalue weighted by Gasteiger charge is 2.04. The number of nitrogens with zero attached hydrogens (tertiary/aromatic N) is 2. The van der Waals surface area contributed by atoms with E-state index >= 15 is 0 Å². The monoisotopic (exact) mass is 250 g/mol. The topological polar surface area (TPSA) is 25.2 Å². The van der Waals surface area contributed by atoms with E-state index in [-0.39, 0.29) is 5.56 Å². The van der Waals surface area contributed by atoms with E-state index in [1.54, 1.807) is 11.3 Å². The zero-order valence-corrected chi connectivity index (χ0v) is 11.2. The molecule has 2 aromatic heterocycles. The molecule has 0 aromatic carbocycles. The van der Waals surface area contributed by atoms with Crippen molar-refractivity contribution in [1.82, 2.24) is 9.47 Å². The average molecular weight is 250 g/mol. The normalized spacial score (nSPS) is 11.5. The molecule has 2 aromatic rings. The van der Waals surface area contributed by atoms with Crippen LogP contribution in [0.5, 0.6) is 0 Å². The van der Waals surface area contributed by atoms with E-state index < -0.39 is 0 Å². The maximum Gasteiger partial charge on any atom is 0.259 e. The number of fused-ring (bicyclic) bond motifs is 1. The first kappa shape index (κ1) is 12.3. The smallest absolute Gasteiger partial charge is 0.259 e. The molecule has 0 atom stereocenters. The fourth-order valence-electron chi connectivity index (χ4n) is 1.97. The average Bonchev–Trinajstić information content (AvgIpc) is 2.82. The van der Waals surface area contributed by atoms with Gasteiger partial charge in [-0.15, -0.1) is 11.3 Å². The van der Waals surface area contributed by atoms with Crippen LogP contribution in [0.2, 0.25) is 0 Å². The molecule has 0 bridgehead atoms. The summed E-state index contributed by atoms with van der Waals surface area (Å²) in [6.07, 6.45) is 1.91. The Labute approximate surface area is 105 Å². The Hall–Kier alpha value is -1.13. The second-order valence-electron chi connectivity index (χ2n) is 4.04. The lowest BCUT2D eigenvalue weighted by atomic mass is 10.3. The quantitative estimate of drug-likeness (QED) is 0.814. The van der Waals surface area contributed by atoms with Gasteiger partial charge in [-0.05, 0) is 30.6 Å². The van der Waals surface area contributed by atoms with Gasteiger partial charge in [-0.25, -0.2) is 0 Å². The summed E-state index contributed by atoms with van der Waals surface area (Å²) in [4.78, 5) is 14.5. The van der Waals surface area contributed by atoms with Gasteiger partial charge in [0.15, 0.2) is 0 Å². The lowest BCUT2D eigenvalue weighted by Crippen LogP contribution is -2.30. The number of rotatable bonds is 5. The minimum atomic E-state index is 0.135. The number of likely N-dealkylation sites (N-methyl/N-ethyl adjacent to an activating group) is 1. The van der Waals surface area contributed by atoms with Gasteiger partial charge in [0.1, 0.15) is 0 Å². The van der Waals surface area contributed by atoms with Crippen LogP contribution in [0.15, 0.2) is 28.5 Å². The highest BCUT2D eigenvalue weighted by atomic mass is 32.1. The molecule has 17 heavy (non-hydrogen) atoms. The number of pyridine rings is 1. The molecule has 0 amide bonds. The second-order valence-corrected chi connectivity index (χ2v) is 4.99. The summed E-state index contributed by atoms with van der Waals surface area (Å²) < 4.78 is 2.89. The SMILES string of the molecule is CCN(CC)CCn1ccc2sccc2c1=O. The van der Waals surface area contributed by atoms with Crippen molar-refractivity contribution in [2.45, 2.75) is 20.4 Å². The van der Waals surface area contributed by atoms with Crippen LogP contribution >= 0.6 is 11.3 Å². The van der Waals surface area contributed by atoms with E-state index in [1.807, 2.05) is 28.3 Å². The van der Waals surface area contributed by atoms with Crippen molar-refractivity contribution in [3.8, 4) is 0 Å². The third-order valence-electron chi connectivity index (χ3n) is 3.14. The van der Waals surface area contributed by atoms with Gasteiger partial charge in [0.25, 0.3) is 5.56 Å². The van der Waals surface area contributed by atoms with Gasteiger partial charge < -0.3 is 9.47 Å². The predicted octanol–water partition coefficient (Wildman–Crippen LogP) is 2.40. The van der Waals surface area contributed by atoms with Crippen molar-refractivity contribution < 1.29 is 0 Å². The summed E-state index contributed by atoms with van der Waals surface area (Å²) in [5.41, 5.74) is 0.135. The van der Waals surface area contributed by atoms with E-state index in [4.69, 9.17) is 0 Å². The lowest BCUT2D eigenvalue weighted by Gasteiger charge is -2.18. The van der Waals surface area contributed by atoms with Gasteiger partial charge in [0, 0.05) is 24.0 Å². The van der Waals surface area contributed by atoms with Crippen LogP contribution in [0.4, 0.5) is 0 Å². The van der Waals surface area contributed by atoms with E-state index in [2.05, 4.69) is 18.7 Å². The molecule has 92 valence electrons. The first-order valence-electron chi connectivity index (χ1n) is 6.05. The summed E-state index contributed by atoms with van der Waals surface area (Å²) in [6.45, 7) is 8.06. The minimum Gasteiger partial charge on any atom is -0.314 e. The van der Waals surface area contributed by atoms with Crippen LogP contribution in [-0.4, -0.2) is 29.1 Å². The third-order valence-corrected chi connectivity index (χ3v) is 4.03. The molecule has 2 rings (SSSR count). The molecular weight excluding hydrogens is 232 g/mol. The largest absolute Gasteiger partial charge is 0.314 e. The maximum atomic E-state index is 12.1. The standard InChI is InChI=1S/C13H18N2OS/c1-3-14(4-2)8-9-15-7-5-12-11(13(15)16)6-10-17-12/h5-7,10H,3-4,8-9H2,1-2H3. The zero-order chi connectivity index (χ0) is 12.3. The van der Waals surface area contributed by atoms with Crippen LogP contribution in [0.25, 0.3) is 10.1 Å². The highest BCUT2D eigenvalue weighted by molar-refractivity contribution is 7.17. The summed E-state index contributed by atoms with van der Waals surface area (Å²) in [6, 6.07) is 3.94. The number of hydrogen-bond acceptors (Lipinski definition) is 3. The van der Waals surface area contributed by atoms with Crippen molar-refractivity contribution in [1.29, 1.82) is 0 Å². The maximum absolute atomic E-state index is 12.1. The molecule has 0 spiro atoms. The van der Waals surface area contributed by atoms with Crippen LogP contribution in [0.3, 0.4) is 0 Å². The van der Waals surface area contributed by atoms with Crippen LogP contribution in [0, 0.1) is 0 Å². The van der Waals surface area contributed by atoms with Crippen LogP contribution in [0.1, 0.15) is 13.8 Å². The number of hydrogen-bond donors (Lipinski definition) is 0. The Morgan fingerprint density at radius 2 is 2.06 bits per heavy atom. The van der Waals surface area contributed by atoms with Gasteiger partial charge >= 0.3 is 0 Å². The molecule has 0 saturated heterocycles. The van der Waals surface area contributed by atoms with Crippen molar-refractivity contribution >= 4 is 21.4 Å². The molecule has 0 aliphatic heterocycles.